The van der Waals surface area contributed by atoms with Crippen LogP contribution in [0.2, 0.25) is 10.0 Å². The maximum Gasteiger partial charge on any atom is 0.225 e. The largest absolute Gasteiger partial charge is 0.324 e. The van der Waals surface area contributed by atoms with Crippen molar-refractivity contribution in [2.24, 2.45) is 0 Å². The fraction of sp³-hybridized carbons (Fsp3) is 0.222. The van der Waals surface area contributed by atoms with Gasteiger partial charge in [-0.25, -0.2) is 0 Å². The number of halogens is 4. The number of hydrogen-bond donors (Lipinski definition) is 1. The molecule has 0 unspecified atom stereocenters. The van der Waals surface area contributed by atoms with Crippen LogP contribution in [0.1, 0.15) is 6.42 Å². The zero-order chi connectivity index (χ0) is 11.4. The Morgan fingerprint density at radius 1 is 1.33 bits per heavy atom. The molecule has 0 aromatic heterocycles. The average molecular weight is 331 g/mol. The lowest BCUT2D eigenvalue weighted by Crippen LogP contribution is -2.12. The Balaban J connectivity index is 2.90. The van der Waals surface area contributed by atoms with E-state index in [2.05, 4.69) is 21.2 Å². The van der Waals surface area contributed by atoms with Crippen LogP contribution in [0.4, 0.5) is 5.69 Å². The van der Waals surface area contributed by atoms with Gasteiger partial charge in [0.15, 0.2) is 0 Å². The first kappa shape index (κ1) is 13.1. The van der Waals surface area contributed by atoms with Gasteiger partial charge in [0.2, 0.25) is 5.91 Å². The second kappa shape index (κ2) is 5.94. The number of carbonyl (C=O) groups excluding carboxylic acids is 1. The van der Waals surface area contributed by atoms with Crippen molar-refractivity contribution in [2.75, 3.05) is 11.2 Å². The van der Waals surface area contributed by atoms with Gasteiger partial charge < -0.3 is 5.32 Å². The molecule has 1 rings (SSSR count). The molecule has 0 fully saturated rings. The van der Waals surface area contributed by atoms with Crippen LogP contribution in [0.15, 0.2) is 16.6 Å². The van der Waals surface area contributed by atoms with Gasteiger partial charge in [0, 0.05) is 16.8 Å². The fourth-order valence-electron chi connectivity index (χ4n) is 0.949. The quantitative estimate of drug-likeness (QED) is 0.821. The summed E-state index contributed by atoms with van der Waals surface area (Å²) >= 11 is 20.5. The summed E-state index contributed by atoms with van der Waals surface area (Å²) in [4.78, 5) is 11.3. The third-order valence-electron chi connectivity index (χ3n) is 1.59. The van der Waals surface area contributed by atoms with Gasteiger partial charge in [-0.3, -0.25) is 4.79 Å². The van der Waals surface area contributed by atoms with E-state index in [9.17, 15) is 4.79 Å². The van der Waals surface area contributed by atoms with E-state index in [4.69, 9.17) is 34.8 Å². The monoisotopic (exact) mass is 329 g/mol. The second-order valence-corrected chi connectivity index (χ2v) is 4.84. The van der Waals surface area contributed by atoms with Crippen molar-refractivity contribution in [3.63, 3.8) is 0 Å². The van der Waals surface area contributed by atoms with Crippen LogP contribution in [0.25, 0.3) is 0 Å². The van der Waals surface area contributed by atoms with Gasteiger partial charge in [-0.1, -0.05) is 39.1 Å². The van der Waals surface area contributed by atoms with Gasteiger partial charge in [-0.15, -0.1) is 11.6 Å². The second-order valence-electron chi connectivity index (χ2n) is 2.73. The Morgan fingerprint density at radius 2 is 1.87 bits per heavy atom. The van der Waals surface area contributed by atoms with Crippen LogP contribution < -0.4 is 5.32 Å². The first-order valence-corrected chi connectivity index (χ1v) is 6.13. The third kappa shape index (κ3) is 3.83. The van der Waals surface area contributed by atoms with Crippen molar-refractivity contribution in [3.05, 3.63) is 26.7 Å². The Bertz CT molecular complexity index is 361. The maximum atomic E-state index is 11.3. The molecule has 0 aliphatic heterocycles. The number of hydrogen-bond acceptors (Lipinski definition) is 1. The van der Waals surface area contributed by atoms with Crippen molar-refractivity contribution in [3.8, 4) is 0 Å². The molecule has 0 bridgehead atoms. The van der Waals surface area contributed by atoms with Gasteiger partial charge in [0.05, 0.1) is 15.7 Å². The number of rotatable bonds is 3. The summed E-state index contributed by atoms with van der Waals surface area (Å²) in [6, 6.07) is 3.31. The van der Waals surface area contributed by atoms with Crippen LogP contribution >= 0.6 is 50.7 Å². The highest BCUT2D eigenvalue weighted by atomic mass is 79.9. The molecule has 2 nitrogen and oxygen atoms in total. The minimum Gasteiger partial charge on any atom is -0.324 e. The maximum absolute atomic E-state index is 11.3. The van der Waals surface area contributed by atoms with E-state index in [1.807, 2.05) is 0 Å². The molecule has 1 aromatic rings. The van der Waals surface area contributed by atoms with Crippen molar-refractivity contribution < 1.29 is 4.79 Å². The standard InChI is InChI=1S/C9H7BrCl3NO/c10-5-3-6(12)9(7(13)4-5)14-8(15)1-2-11/h3-4H,1-2H2,(H,14,15). The van der Waals surface area contributed by atoms with Crippen molar-refractivity contribution in [1.82, 2.24) is 0 Å². The molecule has 15 heavy (non-hydrogen) atoms. The van der Waals surface area contributed by atoms with E-state index in [-0.39, 0.29) is 18.2 Å². The molecule has 0 saturated heterocycles. The van der Waals surface area contributed by atoms with Crippen LogP contribution in [0, 0.1) is 0 Å². The minimum atomic E-state index is -0.212. The number of benzene rings is 1. The van der Waals surface area contributed by atoms with E-state index < -0.39 is 0 Å². The number of amides is 1. The van der Waals surface area contributed by atoms with Gasteiger partial charge in [0.25, 0.3) is 0 Å². The molecule has 0 saturated carbocycles. The number of carbonyl (C=O) groups is 1. The molecule has 1 aromatic carbocycles. The smallest absolute Gasteiger partial charge is 0.225 e. The number of nitrogens with one attached hydrogen (secondary N) is 1. The van der Waals surface area contributed by atoms with Crippen LogP contribution in [-0.2, 0) is 4.79 Å². The van der Waals surface area contributed by atoms with E-state index in [1.165, 1.54) is 0 Å². The highest BCUT2D eigenvalue weighted by Gasteiger charge is 2.10. The van der Waals surface area contributed by atoms with E-state index in [0.29, 0.717) is 15.7 Å². The molecule has 0 aliphatic carbocycles. The average Bonchev–Trinajstić information content (AvgIpc) is 2.11. The zero-order valence-electron chi connectivity index (χ0n) is 7.49. The normalized spacial score (nSPS) is 10.1. The molecule has 82 valence electrons. The lowest BCUT2D eigenvalue weighted by atomic mass is 10.3. The van der Waals surface area contributed by atoms with Crippen LogP contribution in [-0.4, -0.2) is 11.8 Å². The molecule has 0 aliphatic rings. The summed E-state index contributed by atoms with van der Waals surface area (Å²) < 4.78 is 0.757. The molecule has 0 heterocycles. The van der Waals surface area contributed by atoms with Crippen LogP contribution in [0.5, 0.6) is 0 Å². The highest BCUT2D eigenvalue weighted by molar-refractivity contribution is 9.10. The zero-order valence-corrected chi connectivity index (χ0v) is 11.3. The summed E-state index contributed by atoms with van der Waals surface area (Å²) in [5.41, 5.74) is 0.414. The SMILES string of the molecule is O=C(CCCl)Nc1c(Cl)cc(Br)cc1Cl. The van der Waals surface area contributed by atoms with Gasteiger partial charge in [-0.05, 0) is 12.1 Å². The molecular formula is C9H7BrCl3NO. The molecule has 1 N–H and O–H groups in total. The van der Waals surface area contributed by atoms with Crippen molar-refractivity contribution >= 4 is 62.3 Å². The lowest BCUT2D eigenvalue weighted by molar-refractivity contribution is -0.115. The Morgan fingerprint density at radius 3 is 2.33 bits per heavy atom. The molecule has 0 radical (unpaired) electrons. The molecule has 0 spiro atoms. The number of alkyl halides is 1. The molecular weight excluding hydrogens is 324 g/mol. The first-order chi connectivity index (χ1) is 7.04. The van der Waals surface area contributed by atoms with E-state index in [0.717, 1.165) is 4.47 Å². The topological polar surface area (TPSA) is 29.1 Å². The fourth-order valence-corrected chi connectivity index (χ4v) is 2.42. The van der Waals surface area contributed by atoms with Crippen molar-refractivity contribution in [1.29, 1.82) is 0 Å². The summed E-state index contributed by atoms with van der Waals surface area (Å²) in [6.45, 7) is 0. The van der Waals surface area contributed by atoms with Gasteiger partial charge in [-0.2, -0.15) is 0 Å². The minimum absolute atomic E-state index is 0.212. The van der Waals surface area contributed by atoms with E-state index >= 15 is 0 Å². The first-order valence-electron chi connectivity index (χ1n) is 4.05. The van der Waals surface area contributed by atoms with E-state index in [1.54, 1.807) is 12.1 Å². The molecule has 0 atom stereocenters. The molecule has 1 amide bonds. The summed E-state index contributed by atoms with van der Waals surface area (Å²) in [7, 11) is 0. The van der Waals surface area contributed by atoms with Crippen molar-refractivity contribution in [2.45, 2.75) is 6.42 Å². The van der Waals surface area contributed by atoms with Gasteiger partial charge >= 0.3 is 0 Å². The van der Waals surface area contributed by atoms with Gasteiger partial charge in [0.1, 0.15) is 0 Å². The highest BCUT2D eigenvalue weighted by Crippen LogP contribution is 2.33. The lowest BCUT2D eigenvalue weighted by Gasteiger charge is -2.08. The Labute approximate surface area is 111 Å². The number of anilines is 1. The summed E-state index contributed by atoms with van der Waals surface area (Å²) in [6.07, 6.45) is 0.226. The predicted octanol–water partition coefficient (Wildman–Crippen LogP) is 4.32. The summed E-state index contributed by atoms with van der Waals surface area (Å²) in [5, 5.41) is 3.37. The van der Waals surface area contributed by atoms with Crippen LogP contribution in [0.3, 0.4) is 0 Å². The summed E-state index contributed by atoms with van der Waals surface area (Å²) in [5.74, 6) is 0.0496. The molecule has 6 heteroatoms. The Kier molecular flexibility index (Phi) is 5.19. The predicted molar refractivity (Wildman–Crippen MR) is 68.1 cm³/mol. The Hall–Kier alpha value is 0.0400. The third-order valence-corrected chi connectivity index (χ3v) is 2.84.